The molecule has 34 heavy (non-hydrogen) atoms. The number of aryl methyl sites for hydroxylation is 1. The quantitative estimate of drug-likeness (QED) is 0.505. The van der Waals surface area contributed by atoms with Gasteiger partial charge in [-0.15, -0.1) is 0 Å². The Hall–Kier alpha value is -2.96. The Morgan fingerprint density at radius 3 is 2.59 bits per heavy atom. The predicted molar refractivity (Wildman–Crippen MR) is 131 cm³/mol. The van der Waals surface area contributed by atoms with E-state index in [4.69, 9.17) is 9.40 Å². The third kappa shape index (κ3) is 3.08. The minimum absolute atomic E-state index is 0.0408. The molecular formula is C27H33N5O2. The van der Waals surface area contributed by atoms with Crippen molar-refractivity contribution in [3.8, 4) is 11.6 Å². The number of likely N-dealkylation sites (tertiary alicyclic amines) is 2. The molecule has 178 valence electrons. The Morgan fingerprint density at radius 1 is 1.06 bits per heavy atom. The van der Waals surface area contributed by atoms with Crippen LogP contribution in [-0.2, 0) is 11.8 Å². The van der Waals surface area contributed by atoms with Crippen LogP contribution in [0.5, 0.6) is 0 Å². The first kappa shape index (κ1) is 21.6. The summed E-state index contributed by atoms with van der Waals surface area (Å²) in [6, 6.07) is 4.76. The largest absolute Gasteiger partial charge is 0.435 e. The molecule has 3 aromatic rings. The van der Waals surface area contributed by atoms with Gasteiger partial charge in [0.15, 0.2) is 5.58 Å². The topological polar surface area (TPSA) is 75.4 Å². The van der Waals surface area contributed by atoms with Crippen molar-refractivity contribution in [3.05, 3.63) is 41.3 Å². The molecule has 6 rings (SSSR count). The second kappa shape index (κ2) is 7.52. The van der Waals surface area contributed by atoms with E-state index in [1.165, 1.54) is 17.5 Å². The van der Waals surface area contributed by atoms with Gasteiger partial charge >= 0.3 is 6.03 Å². The minimum Gasteiger partial charge on any atom is -0.435 e. The molecule has 2 amide bonds. The number of nitrogens with zero attached hydrogens (tertiary/aromatic N) is 5. The monoisotopic (exact) mass is 459 g/mol. The summed E-state index contributed by atoms with van der Waals surface area (Å²) in [4.78, 5) is 31.4. The van der Waals surface area contributed by atoms with Crippen LogP contribution in [0.1, 0.15) is 63.3 Å². The molecule has 1 aliphatic carbocycles. The van der Waals surface area contributed by atoms with Gasteiger partial charge in [0.2, 0.25) is 5.89 Å². The molecule has 2 atom stereocenters. The molecule has 1 aromatic carbocycles. The van der Waals surface area contributed by atoms with Crippen molar-refractivity contribution in [3.63, 3.8) is 0 Å². The lowest BCUT2D eigenvalue weighted by atomic mass is 9.51. The standard InChI is InChI=1S/C27H33N5O2/c1-17-15-29-21(16-28-17)24-30-20-14-19-18(12-22(20)34-24)13-23-26(2,3)27(19,4)8-11-32(23)25(33)31-9-6-5-7-10-31/h12,14-16,23H,5-11,13H2,1-4H3/t23?,27-/m0/s1. The van der Waals surface area contributed by atoms with Crippen LogP contribution >= 0.6 is 0 Å². The van der Waals surface area contributed by atoms with Crippen LogP contribution < -0.4 is 0 Å². The van der Waals surface area contributed by atoms with Gasteiger partial charge < -0.3 is 14.2 Å². The van der Waals surface area contributed by atoms with E-state index >= 15 is 0 Å². The summed E-state index contributed by atoms with van der Waals surface area (Å²) in [5, 5.41) is 0. The number of fused-ring (bicyclic) bond motifs is 5. The van der Waals surface area contributed by atoms with Gasteiger partial charge in [-0.3, -0.25) is 4.98 Å². The fourth-order valence-electron chi connectivity index (χ4n) is 6.44. The molecule has 0 saturated carbocycles. The molecule has 2 bridgehead atoms. The van der Waals surface area contributed by atoms with Crippen molar-refractivity contribution in [1.82, 2.24) is 24.8 Å². The first-order valence-corrected chi connectivity index (χ1v) is 12.6. The number of amides is 2. The summed E-state index contributed by atoms with van der Waals surface area (Å²) in [5.41, 5.74) is 5.66. The average molecular weight is 460 g/mol. The first-order valence-electron chi connectivity index (χ1n) is 12.6. The molecule has 7 nitrogen and oxygen atoms in total. The van der Waals surface area contributed by atoms with Crippen LogP contribution in [0.2, 0.25) is 0 Å². The lowest BCUT2D eigenvalue weighted by Gasteiger charge is -2.61. The van der Waals surface area contributed by atoms with Gasteiger partial charge in [-0.25, -0.2) is 14.8 Å². The Morgan fingerprint density at radius 2 is 1.85 bits per heavy atom. The van der Waals surface area contributed by atoms with Gasteiger partial charge in [-0.1, -0.05) is 20.8 Å². The third-order valence-electron chi connectivity index (χ3n) is 8.98. The summed E-state index contributed by atoms with van der Waals surface area (Å²) in [6.07, 6.45) is 8.69. The Kier molecular flexibility index (Phi) is 4.77. The molecule has 4 heterocycles. The predicted octanol–water partition coefficient (Wildman–Crippen LogP) is 5.11. The summed E-state index contributed by atoms with van der Waals surface area (Å²) >= 11 is 0. The molecule has 2 saturated heterocycles. The van der Waals surface area contributed by atoms with Crippen molar-refractivity contribution in [2.45, 2.75) is 71.3 Å². The van der Waals surface area contributed by atoms with Gasteiger partial charge in [-0.2, -0.15) is 0 Å². The maximum absolute atomic E-state index is 13.6. The van der Waals surface area contributed by atoms with Gasteiger partial charge in [0.25, 0.3) is 0 Å². The van der Waals surface area contributed by atoms with Crippen LogP contribution in [0.4, 0.5) is 4.79 Å². The number of aromatic nitrogens is 3. The van der Waals surface area contributed by atoms with Crippen LogP contribution in [0.15, 0.2) is 28.9 Å². The summed E-state index contributed by atoms with van der Waals surface area (Å²) in [7, 11) is 0. The van der Waals surface area contributed by atoms with Gasteiger partial charge in [-0.05, 0) is 67.7 Å². The van der Waals surface area contributed by atoms with Crippen molar-refractivity contribution < 1.29 is 9.21 Å². The number of benzene rings is 1. The highest BCUT2D eigenvalue weighted by Crippen LogP contribution is 2.56. The van der Waals surface area contributed by atoms with E-state index in [1.807, 2.05) is 6.92 Å². The van der Waals surface area contributed by atoms with E-state index < -0.39 is 0 Å². The molecule has 3 aliphatic rings. The van der Waals surface area contributed by atoms with Gasteiger partial charge in [0, 0.05) is 37.3 Å². The molecule has 1 unspecified atom stereocenters. The third-order valence-corrected chi connectivity index (χ3v) is 8.98. The molecule has 2 aromatic heterocycles. The Labute approximate surface area is 200 Å². The number of carbonyl (C=O) groups excluding carboxylic acids is 1. The van der Waals surface area contributed by atoms with E-state index in [0.717, 1.165) is 62.1 Å². The summed E-state index contributed by atoms with van der Waals surface area (Å²) < 4.78 is 6.13. The first-order chi connectivity index (χ1) is 16.3. The van der Waals surface area contributed by atoms with Gasteiger partial charge in [0.05, 0.1) is 11.9 Å². The van der Waals surface area contributed by atoms with Crippen molar-refractivity contribution >= 4 is 17.1 Å². The highest BCUT2D eigenvalue weighted by Gasteiger charge is 2.57. The summed E-state index contributed by atoms with van der Waals surface area (Å²) in [6.45, 7) is 11.6. The van der Waals surface area contributed by atoms with Crippen molar-refractivity contribution in [2.75, 3.05) is 19.6 Å². The number of urea groups is 1. The smallest absolute Gasteiger partial charge is 0.320 e. The molecule has 0 radical (unpaired) electrons. The van der Waals surface area contributed by atoms with Crippen LogP contribution in [0, 0.1) is 12.3 Å². The van der Waals surface area contributed by atoms with E-state index in [1.54, 1.807) is 12.4 Å². The van der Waals surface area contributed by atoms with E-state index in [-0.39, 0.29) is 22.9 Å². The lowest BCUT2D eigenvalue weighted by Crippen LogP contribution is -2.66. The zero-order valence-electron chi connectivity index (χ0n) is 20.6. The number of rotatable bonds is 1. The van der Waals surface area contributed by atoms with Crippen LogP contribution in [0.25, 0.3) is 22.7 Å². The molecule has 0 N–H and O–H groups in total. The maximum atomic E-state index is 13.6. The molecular weight excluding hydrogens is 426 g/mol. The maximum Gasteiger partial charge on any atom is 0.320 e. The highest BCUT2D eigenvalue weighted by atomic mass is 16.3. The number of carbonyl (C=O) groups is 1. The average Bonchev–Trinajstić information content (AvgIpc) is 3.24. The number of oxazole rings is 1. The number of hydrogen-bond donors (Lipinski definition) is 0. The molecule has 2 fully saturated rings. The normalized spacial score (nSPS) is 25.9. The lowest BCUT2D eigenvalue weighted by molar-refractivity contribution is -0.0241. The fraction of sp³-hybridized carbons (Fsp3) is 0.556. The second-order valence-electron chi connectivity index (χ2n) is 11.1. The van der Waals surface area contributed by atoms with E-state index in [9.17, 15) is 4.79 Å². The Balaban J connectivity index is 1.40. The molecule has 7 heteroatoms. The van der Waals surface area contributed by atoms with E-state index in [2.05, 4.69) is 52.7 Å². The zero-order chi connectivity index (χ0) is 23.7. The summed E-state index contributed by atoms with van der Waals surface area (Å²) in [5.74, 6) is 0.499. The molecule has 2 aliphatic heterocycles. The van der Waals surface area contributed by atoms with Gasteiger partial charge in [0.1, 0.15) is 11.2 Å². The number of piperidine rings is 2. The van der Waals surface area contributed by atoms with Crippen molar-refractivity contribution in [2.24, 2.45) is 5.41 Å². The fourth-order valence-corrected chi connectivity index (χ4v) is 6.44. The SMILES string of the molecule is Cc1cnc(-c2nc3cc4c(cc3o2)CC2N(C(=O)N3CCCCC3)CC[C@]4(C)C2(C)C)cn1. The second-order valence-corrected chi connectivity index (χ2v) is 11.1. The highest BCUT2D eigenvalue weighted by molar-refractivity contribution is 5.79. The molecule has 0 spiro atoms. The zero-order valence-corrected chi connectivity index (χ0v) is 20.6. The van der Waals surface area contributed by atoms with Crippen LogP contribution in [0.3, 0.4) is 0 Å². The van der Waals surface area contributed by atoms with E-state index in [0.29, 0.717) is 11.6 Å². The Bertz CT molecular complexity index is 1260. The number of hydrogen-bond acceptors (Lipinski definition) is 5. The van der Waals surface area contributed by atoms with Crippen LogP contribution in [-0.4, -0.2) is 56.5 Å². The van der Waals surface area contributed by atoms with Crippen molar-refractivity contribution in [1.29, 1.82) is 0 Å². The minimum atomic E-state index is -0.0492.